The molecule has 0 fully saturated rings. The Morgan fingerprint density at radius 3 is 2.61 bits per heavy atom. The van der Waals surface area contributed by atoms with E-state index in [1.165, 1.54) is 13.2 Å². The molecule has 3 N–H and O–H groups in total. The van der Waals surface area contributed by atoms with E-state index in [-0.39, 0.29) is 37.0 Å². The Labute approximate surface area is 164 Å². The molecule has 0 aliphatic rings. The molecular formula is C21H24N2O5. The minimum Gasteiger partial charge on any atom is -0.504 e. The number of alkyl carbamates (subject to hydrolysis) is 1. The van der Waals surface area contributed by atoms with Crippen LogP contribution in [0.2, 0.25) is 0 Å². The first-order valence-corrected chi connectivity index (χ1v) is 8.75. The molecule has 148 valence electrons. The quantitative estimate of drug-likeness (QED) is 0.578. The van der Waals surface area contributed by atoms with E-state index in [1.807, 2.05) is 30.3 Å². The summed E-state index contributed by atoms with van der Waals surface area (Å²) in [4.78, 5) is 24.6. The zero-order valence-electron chi connectivity index (χ0n) is 15.7. The van der Waals surface area contributed by atoms with Gasteiger partial charge in [0.25, 0.3) is 0 Å². The van der Waals surface area contributed by atoms with Crippen molar-refractivity contribution in [3.63, 3.8) is 0 Å². The van der Waals surface area contributed by atoms with Crippen LogP contribution < -0.4 is 15.4 Å². The van der Waals surface area contributed by atoms with E-state index in [9.17, 15) is 14.7 Å². The molecule has 0 radical (unpaired) electrons. The van der Waals surface area contributed by atoms with Crippen LogP contribution in [-0.4, -0.2) is 36.8 Å². The average molecular weight is 384 g/mol. The number of aromatic hydroxyl groups is 1. The molecule has 0 aliphatic carbocycles. The van der Waals surface area contributed by atoms with Gasteiger partial charge < -0.3 is 25.2 Å². The van der Waals surface area contributed by atoms with Gasteiger partial charge in [-0.3, -0.25) is 4.79 Å². The van der Waals surface area contributed by atoms with E-state index in [2.05, 4.69) is 17.2 Å². The van der Waals surface area contributed by atoms with Crippen molar-refractivity contribution in [2.24, 2.45) is 0 Å². The van der Waals surface area contributed by atoms with Crippen molar-refractivity contribution in [3.8, 4) is 11.5 Å². The zero-order chi connectivity index (χ0) is 20.4. The molecule has 0 aliphatic heterocycles. The van der Waals surface area contributed by atoms with Crippen molar-refractivity contribution in [2.45, 2.75) is 19.1 Å². The molecule has 0 bridgehead atoms. The lowest BCUT2D eigenvalue weighted by Gasteiger charge is -2.18. The molecule has 2 aromatic carbocycles. The van der Waals surface area contributed by atoms with Crippen LogP contribution in [0.4, 0.5) is 4.79 Å². The normalized spacial score (nSPS) is 11.2. The topological polar surface area (TPSA) is 96.9 Å². The Kier molecular flexibility index (Phi) is 7.90. The van der Waals surface area contributed by atoms with Crippen LogP contribution >= 0.6 is 0 Å². The summed E-state index contributed by atoms with van der Waals surface area (Å²) in [5.74, 6) is -0.0906. The van der Waals surface area contributed by atoms with Crippen LogP contribution in [0.1, 0.15) is 11.1 Å². The van der Waals surface area contributed by atoms with Gasteiger partial charge in [0.05, 0.1) is 7.11 Å². The summed E-state index contributed by atoms with van der Waals surface area (Å²) in [5.41, 5.74) is 1.55. The fraction of sp³-hybridized carbons (Fsp3) is 0.238. The number of methoxy groups -OCH3 is 1. The largest absolute Gasteiger partial charge is 0.504 e. The first kappa shape index (κ1) is 20.8. The number of amides is 2. The Balaban J connectivity index is 2.04. The van der Waals surface area contributed by atoms with Gasteiger partial charge in [0.2, 0.25) is 5.91 Å². The average Bonchev–Trinajstić information content (AvgIpc) is 2.72. The number of carbonyl (C=O) groups is 2. The highest BCUT2D eigenvalue weighted by Gasteiger charge is 2.22. The van der Waals surface area contributed by atoms with Gasteiger partial charge in [-0.1, -0.05) is 42.5 Å². The maximum Gasteiger partial charge on any atom is 0.408 e. The second-order valence-electron chi connectivity index (χ2n) is 6.00. The molecule has 0 aromatic heterocycles. The van der Waals surface area contributed by atoms with Crippen LogP contribution in [-0.2, 0) is 22.6 Å². The van der Waals surface area contributed by atoms with Gasteiger partial charge in [-0.2, -0.15) is 0 Å². The van der Waals surface area contributed by atoms with Gasteiger partial charge >= 0.3 is 6.09 Å². The van der Waals surface area contributed by atoms with Gasteiger partial charge in [-0.15, -0.1) is 6.58 Å². The highest BCUT2D eigenvalue weighted by Crippen LogP contribution is 2.26. The van der Waals surface area contributed by atoms with E-state index in [0.717, 1.165) is 5.56 Å². The third-order valence-corrected chi connectivity index (χ3v) is 3.93. The zero-order valence-corrected chi connectivity index (χ0v) is 15.7. The highest BCUT2D eigenvalue weighted by atomic mass is 16.5. The fourth-order valence-corrected chi connectivity index (χ4v) is 2.50. The number of ether oxygens (including phenoxy) is 2. The lowest BCUT2D eigenvalue weighted by atomic mass is 10.0. The molecule has 0 saturated heterocycles. The highest BCUT2D eigenvalue weighted by molar-refractivity contribution is 5.86. The molecule has 2 rings (SSSR count). The number of rotatable bonds is 9. The Morgan fingerprint density at radius 1 is 1.18 bits per heavy atom. The molecule has 28 heavy (non-hydrogen) atoms. The standard InChI is InChI=1S/C21H24N2O5/c1-3-11-22-20(25)17(12-16-9-10-18(24)19(13-16)27-2)23-21(26)28-14-15-7-5-4-6-8-15/h3-10,13,17,24H,1,11-12,14H2,2H3,(H,22,25)(H,23,26)/t17-/m0/s1. The Morgan fingerprint density at radius 2 is 1.93 bits per heavy atom. The summed E-state index contributed by atoms with van der Waals surface area (Å²) in [6.07, 6.45) is 1.04. The van der Waals surface area contributed by atoms with Crippen LogP contribution in [0, 0.1) is 0 Å². The van der Waals surface area contributed by atoms with Crippen LogP contribution in [0.25, 0.3) is 0 Å². The third kappa shape index (κ3) is 6.35. The first-order chi connectivity index (χ1) is 13.5. The van der Waals surface area contributed by atoms with Crippen LogP contribution in [0.15, 0.2) is 61.2 Å². The smallest absolute Gasteiger partial charge is 0.408 e. The van der Waals surface area contributed by atoms with E-state index in [0.29, 0.717) is 5.56 Å². The Bertz CT molecular complexity index is 808. The lowest BCUT2D eigenvalue weighted by molar-refractivity contribution is -0.122. The van der Waals surface area contributed by atoms with E-state index in [4.69, 9.17) is 9.47 Å². The second kappa shape index (κ2) is 10.6. The Hall–Kier alpha value is -3.48. The predicted octanol–water partition coefficient (Wildman–Crippen LogP) is 2.54. The van der Waals surface area contributed by atoms with Gasteiger partial charge in [0.1, 0.15) is 12.6 Å². The SMILES string of the molecule is C=CCNC(=O)[C@H](Cc1ccc(O)c(OC)c1)NC(=O)OCc1ccccc1. The van der Waals surface area contributed by atoms with E-state index in [1.54, 1.807) is 18.2 Å². The summed E-state index contributed by atoms with van der Waals surface area (Å²) in [5, 5.41) is 15.0. The third-order valence-electron chi connectivity index (χ3n) is 3.93. The van der Waals surface area contributed by atoms with E-state index >= 15 is 0 Å². The molecule has 7 nitrogen and oxygen atoms in total. The molecular weight excluding hydrogens is 360 g/mol. The molecule has 0 spiro atoms. The van der Waals surface area contributed by atoms with Crippen molar-refractivity contribution in [3.05, 3.63) is 72.3 Å². The number of phenolic OH excluding ortho intramolecular Hbond substituents is 1. The predicted molar refractivity (Wildman–Crippen MR) is 105 cm³/mol. The first-order valence-electron chi connectivity index (χ1n) is 8.75. The molecule has 0 unspecified atom stereocenters. The van der Waals surface area contributed by atoms with Crippen molar-refractivity contribution in [1.82, 2.24) is 10.6 Å². The lowest BCUT2D eigenvalue weighted by Crippen LogP contribution is -2.48. The maximum atomic E-state index is 12.4. The molecule has 7 heteroatoms. The number of benzene rings is 2. The minimum absolute atomic E-state index is 0.00543. The van der Waals surface area contributed by atoms with Crippen LogP contribution in [0.5, 0.6) is 11.5 Å². The molecule has 0 heterocycles. The van der Waals surface area contributed by atoms with Crippen molar-refractivity contribution in [2.75, 3.05) is 13.7 Å². The summed E-state index contributed by atoms with van der Waals surface area (Å²) in [7, 11) is 1.44. The van der Waals surface area contributed by atoms with E-state index < -0.39 is 12.1 Å². The summed E-state index contributed by atoms with van der Waals surface area (Å²) in [6, 6.07) is 13.1. The molecule has 2 amide bonds. The van der Waals surface area contributed by atoms with Crippen LogP contribution in [0.3, 0.4) is 0 Å². The second-order valence-corrected chi connectivity index (χ2v) is 6.00. The fourth-order valence-electron chi connectivity index (χ4n) is 2.50. The number of carbonyl (C=O) groups excluding carboxylic acids is 2. The van der Waals surface area contributed by atoms with Gasteiger partial charge in [0.15, 0.2) is 11.5 Å². The molecule has 1 atom stereocenters. The van der Waals surface area contributed by atoms with Gasteiger partial charge in [-0.25, -0.2) is 4.79 Å². The minimum atomic E-state index is -0.863. The number of phenols is 1. The molecule has 2 aromatic rings. The number of hydrogen-bond donors (Lipinski definition) is 3. The van der Waals surface area contributed by atoms with Gasteiger partial charge in [0, 0.05) is 13.0 Å². The number of hydrogen-bond acceptors (Lipinski definition) is 5. The summed E-state index contributed by atoms with van der Waals surface area (Å²) in [6.45, 7) is 3.93. The van der Waals surface area contributed by atoms with Gasteiger partial charge in [-0.05, 0) is 23.3 Å². The van der Waals surface area contributed by atoms with Crippen molar-refractivity contribution in [1.29, 1.82) is 0 Å². The van der Waals surface area contributed by atoms with Crippen molar-refractivity contribution >= 4 is 12.0 Å². The maximum absolute atomic E-state index is 12.4. The monoisotopic (exact) mass is 384 g/mol. The molecule has 0 saturated carbocycles. The summed E-state index contributed by atoms with van der Waals surface area (Å²) >= 11 is 0. The van der Waals surface area contributed by atoms with Crippen molar-refractivity contribution < 1.29 is 24.2 Å². The summed E-state index contributed by atoms with van der Waals surface area (Å²) < 4.78 is 10.3. The number of nitrogens with one attached hydrogen (secondary N) is 2.